The van der Waals surface area contributed by atoms with Gasteiger partial charge in [0.05, 0.1) is 12.0 Å². The molecule has 0 amide bonds. The van der Waals surface area contributed by atoms with Crippen LogP contribution in [0.2, 0.25) is 0 Å². The Kier molecular flexibility index (Phi) is 7.58. The first-order valence-electron chi connectivity index (χ1n) is 6.14. The lowest BCUT2D eigenvalue weighted by molar-refractivity contribution is -0.141. The fraction of sp³-hybridized carbons (Fsp3) is 0.462. The van der Waals surface area contributed by atoms with Gasteiger partial charge in [-0.3, -0.25) is 4.79 Å². The first kappa shape index (κ1) is 18.3. The molecule has 0 spiro atoms. The summed E-state index contributed by atoms with van der Waals surface area (Å²) in [7, 11) is -2.49. The Bertz CT molecular complexity index is 557. The number of sulfonamides is 1. The van der Waals surface area contributed by atoms with Gasteiger partial charge >= 0.3 is 5.97 Å². The topological polar surface area (TPSA) is 72.5 Å². The van der Waals surface area contributed by atoms with Crippen molar-refractivity contribution in [2.75, 3.05) is 24.2 Å². The minimum atomic E-state index is -3.74. The zero-order valence-corrected chi connectivity index (χ0v) is 14.6. The smallest absolute Gasteiger partial charge is 0.324 e. The number of carbonyl (C=O) groups is 1. The highest BCUT2D eigenvalue weighted by atomic mass is 32.2. The lowest BCUT2D eigenvalue weighted by Crippen LogP contribution is -2.43. The van der Waals surface area contributed by atoms with E-state index in [0.717, 1.165) is 10.6 Å². The highest BCUT2D eigenvalue weighted by molar-refractivity contribution is 8.15. The summed E-state index contributed by atoms with van der Waals surface area (Å²) in [6.45, 7) is 1.88. The highest BCUT2D eigenvalue weighted by Crippen LogP contribution is 2.14. The highest BCUT2D eigenvalue weighted by Gasteiger charge is 2.26. The largest absolute Gasteiger partial charge is 0.468 e. The van der Waals surface area contributed by atoms with Crippen molar-refractivity contribution in [1.82, 2.24) is 4.72 Å². The monoisotopic (exact) mass is 349 g/mol. The van der Waals surface area contributed by atoms with Crippen LogP contribution in [-0.4, -0.2) is 44.6 Å². The number of rotatable bonds is 8. The standard InChI is InChI=1S/C13H19NO4S3/c1-10-4-6-11(7-5-10)21(16,17)14-12(13(15)18-2)8-20-9-19-3/h4-7,12,14H,8-9H2,1-3H3/t12-/m0/s1. The molecule has 1 N–H and O–H groups in total. The maximum absolute atomic E-state index is 12.3. The van der Waals surface area contributed by atoms with Crippen molar-refractivity contribution < 1.29 is 17.9 Å². The average Bonchev–Trinajstić information content (AvgIpc) is 2.46. The molecule has 0 aromatic heterocycles. The van der Waals surface area contributed by atoms with Crippen LogP contribution in [0.3, 0.4) is 0 Å². The Morgan fingerprint density at radius 3 is 2.48 bits per heavy atom. The van der Waals surface area contributed by atoms with E-state index in [0.29, 0.717) is 5.75 Å². The Morgan fingerprint density at radius 1 is 1.33 bits per heavy atom. The number of carbonyl (C=O) groups excluding carboxylic acids is 1. The van der Waals surface area contributed by atoms with E-state index in [1.807, 2.05) is 13.2 Å². The molecule has 0 aliphatic carbocycles. The average molecular weight is 349 g/mol. The molecule has 1 atom stereocenters. The van der Waals surface area contributed by atoms with Crippen LogP contribution in [0.25, 0.3) is 0 Å². The lowest BCUT2D eigenvalue weighted by Gasteiger charge is -2.16. The van der Waals surface area contributed by atoms with Crippen LogP contribution >= 0.6 is 23.5 Å². The van der Waals surface area contributed by atoms with Gasteiger partial charge in [-0.25, -0.2) is 8.42 Å². The summed E-state index contributed by atoms with van der Waals surface area (Å²) in [5.74, 6) is -0.252. The maximum Gasteiger partial charge on any atom is 0.324 e. The van der Waals surface area contributed by atoms with Crippen LogP contribution < -0.4 is 4.72 Å². The van der Waals surface area contributed by atoms with Crippen molar-refractivity contribution in [3.8, 4) is 0 Å². The van der Waals surface area contributed by atoms with Gasteiger partial charge in [0.1, 0.15) is 6.04 Å². The molecule has 0 bridgehead atoms. The number of nitrogens with one attached hydrogen (secondary N) is 1. The van der Waals surface area contributed by atoms with Gasteiger partial charge in [0, 0.05) is 10.8 Å². The second-order valence-electron chi connectivity index (χ2n) is 4.29. The minimum absolute atomic E-state index is 0.136. The second kappa shape index (κ2) is 8.67. The van der Waals surface area contributed by atoms with Crippen molar-refractivity contribution in [3.63, 3.8) is 0 Å². The molecule has 5 nitrogen and oxygen atoms in total. The third kappa shape index (κ3) is 5.90. The van der Waals surface area contributed by atoms with Gasteiger partial charge in [-0.15, -0.1) is 11.8 Å². The molecule has 0 heterocycles. The molecule has 0 saturated heterocycles. The van der Waals surface area contributed by atoms with E-state index in [9.17, 15) is 13.2 Å². The summed E-state index contributed by atoms with van der Waals surface area (Å²) in [6, 6.07) is 5.56. The van der Waals surface area contributed by atoms with E-state index in [-0.39, 0.29) is 4.90 Å². The van der Waals surface area contributed by atoms with Gasteiger partial charge in [-0.2, -0.15) is 16.5 Å². The van der Waals surface area contributed by atoms with Gasteiger partial charge in [0.2, 0.25) is 10.0 Å². The summed E-state index contributed by atoms with van der Waals surface area (Å²) in [5.41, 5.74) is 0.967. The quantitative estimate of drug-likeness (QED) is 0.439. The molecular formula is C13H19NO4S3. The first-order valence-corrected chi connectivity index (χ1v) is 10.2. The molecule has 118 valence electrons. The summed E-state index contributed by atoms with van der Waals surface area (Å²) in [6.07, 6.45) is 1.94. The molecule has 8 heteroatoms. The van der Waals surface area contributed by atoms with Gasteiger partial charge in [0.25, 0.3) is 0 Å². The molecule has 0 radical (unpaired) electrons. The van der Waals surface area contributed by atoms with Crippen LogP contribution in [-0.2, 0) is 19.6 Å². The Hall–Kier alpha value is -0.700. The SMILES string of the molecule is COC(=O)[C@H](CSCSC)NS(=O)(=O)c1ccc(C)cc1. The third-order valence-corrected chi connectivity index (χ3v) is 6.27. The summed E-state index contributed by atoms with van der Waals surface area (Å²) >= 11 is 3.09. The summed E-state index contributed by atoms with van der Waals surface area (Å²) in [4.78, 5) is 11.8. The fourth-order valence-corrected chi connectivity index (χ4v) is 4.31. The number of ether oxygens (including phenoxy) is 1. The minimum Gasteiger partial charge on any atom is -0.468 e. The van der Waals surface area contributed by atoms with E-state index >= 15 is 0 Å². The van der Waals surface area contributed by atoms with Crippen molar-refractivity contribution in [1.29, 1.82) is 0 Å². The van der Waals surface area contributed by atoms with Crippen molar-refractivity contribution in [2.24, 2.45) is 0 Å². The number of hydrogen-bond acceptors (Lipinski definition) is 6. The molecule has 1 aromatic carbocycles. The van der Waals surface area contributed by atoms with E-state index in [1.165, 1.54) is 31.0 Å². The van der Waals surface area contributed by atoms with Crippen molar-refractivity contribution in [3.05, 3.63) is 29.8 Å². The van der Waals surface area contributed by atoms with Crippen molar-refractivity contribution >= 4 is 39.5 Å². The zero-order chi connectivity index (χ0) is 15.9. The van der Waals surface area contributed by atoms with Gasteiger partial charge in [-0.05, 0) is 25.3 Å². The van der Waals surface area contributed by atoms with Crippen LogP contribution in [0, 0.1) is 6.92 Å². The maximum atomic E-state index is 12.3. The van der Waals surface area contributed by atoms with Crippen LogP contribution in [0.15, 0.2) is 29.2 Å². The number of thioether (sulfide) groups is 2. The fourth-order valence-electron chi connectivity index (χ4n) is 1.51. The van der Waals surface area contributed by atoms with Crippen molar-refractivity contribution in [2.45, 2.75) is 17.9 Å². The number of esters is 1. The molecule has 21 heavy (non-hydrogen) atoms. The molecule has 0 unspecified atom stereocenters. The van der Waals surface area contributed by atoms with Crippen LogP contribution in [0.4, 0.5) is 0 Å². The number of aryl methyl sites for hydroxylation is 1. The Morgan fingerprint density at radius 2 is 1.95 bits per heavy atom. The van der Waals surface area contributed by atoms with E-state index in [2.05, 4.69) is 9.46 Å². The Labute approximate surface area is 134 Å². The van der Waals surface area contributed by atoms with E-state index < -0.39 is 22.0 Å². The van der Waals surface area contributed by atoms with Gasteiger partial charge < -0.3 is 4.74 Å². The molecule has 0 saturated carbocycles. The first-order chi connectivity index (χ1) is 9.90. The van der Waals surface area contributed by atoms with E-state index in [1.54, 1.807) is 23.9 Å². The predicted octanol–water partition coefficient (Wildman–Crippen LogP) is 1.87. The van der Waals surface area contributed by atoms with E-state index in [4.69, 9.17) is 0 Å². The summed E-state index contributed by atoms with van der Waals surface area (Å²) < 4.78 is 31.6. The predicted molar refractivity (Wildman–Crippen MR) is 88.1 cm³/mol. The zero-order valence-electron chi connectivity index (χ0n) is 12.2. The molecule has 0 aliphatic heterocycles. The normalized spacial score (nSPS) is 12.9. The molecule has 1 aromatic rings. The second-order valence-corrected chi connectivity index (χ2v) is 8.26. The molecule has 0 fully saturated rings. The molecular weight excluding hydrogens is 330 g/mol. The van der Waals surface area contributed by atoms with Crippen LogP contribution in [0.1, 0.15) is 5.56 Å². The number of benzene rings is 1. The summed E-state index contributed by atoms with van der Waals surface area (Å²) in [5, 5.41) is 0.778. The van der Waals surface area contributed by atoms with Crippen LogP contribution in [0.5, 0.6) is 0 Å². The number of hydrogen-bond donors (Lipinski definition) is 1. The molecule has 0 aliphatic rings. The lowest BCUT2D eigenvalue weighted by atomic mass is 10.2. The van der Waals surface area contributed by atoms with Gasteiger partial charge in [0.15, 0.2) is 0 Å². The Balaban J connectivity index is 2.85. The third-order valence-electron chi connectivity index (χ3n) is 2.60. The van der Waals surface area contributed by atoms with Gasteiger partial charge in [-0.1, -0.05) is 17.7 Å². The molecule has 1 rings (SSSR count). The number of methoxy groups -OCH3 is 1.